The number of hydrogen-bond acceptors (Lipinski definition) is 4. The van der Waals surface area contributed by atoms with Gasteiger partial charge in [-0.2, -0.15) is 0 Å². The molecule has 0 rings (SSSR count). The summed E-state index contributed by atoms with van der Waals surface area (Å²) in [5.74, 6) is -0.250. The zero-order valence-corrected chi connectivity index (χ0v) is 15.6. The molecule has 0 aliphatic heterocycles. The molecular formula is C21H34O4. The first-order valence-corrected chi connectivity index (χ1v) is 9.47. The van der Waals surface area contributed by atoms with Crippen LogP contribution in [-0.2, 0) is 14.3 Å². The molecule has 0 aliphatic rings. The summed E-state index contributed by atoms with van der Waals surface area (Å²) in [5.41, 5.74) is 0. The lowest BCUT2D eigenvalue weighted by Gasteiger charge is -2.03. The van der Waals surface area contributed by atoms with Crippen molar-refractivity contribution < 1.29 is 19.4 Å². The number of carbonyl (C=O) groups is 2. The van der Waals surface area contributed by atoms with E-state index in [4.69, 9.17) is 9.84 Å². The Labute approximate surface area is 152 Å². The summed E-state index contributed by atoms with van der Waals surface area (Å²) in [6, 6.07) is 0. The Morgan fingerprint density at radius 3 is 2.16 bits per heavy atom. The number of carbonyl (C=O) groups excluding carboxylic acids is 2. The predicted octanol–water partition coefficient (Wildman–Crippen LogP) is 4.68. The molecule has 1 N–H and O–H groups in total. The summed E-state index contributed by atoms with van der Waals surface area (Å²) in [6.07, 6.45) is 20.2. The molecule has 0 unspecified atom stereocenters. The largest absolute Gasteiger partial charge is 0.466 e. The van der Waals surface area contributed by atoms with Crippen LogP contribution in [0.2, 0.25) is 0 Å². The molecule has 4 heteroatoms. The Hall–Kier alpha value is -1.68. The second kappa shape index (κ2) is 18.7. The molecule has 0 bridgehead atoms. The van der Waals surface area contributed by atoms with E-state index in [1.165, 1.54) is 12.8 Å². The van der Waals surface area contributed by atoms with Crippen LogP contribution in [-0.4, -0.2) is 30.1 Å². The topological polar surface area (TPSA) is 63.6 Å². The maximum absolute atomic E-state index is 11.7. The fourth-order valence-corrected chi connectivity index (χ4v) is 2.07. The number of allylic oxidation sites excluding steroid dienone is 6. The minimum absolute atomic E-state index is 0.00606. The van der Waals surface area contributed by atoms with Gasteiger partial charge in [-0.1, -0.05) is 56.2 Å². The summed E-state index contributed by atoms with van der Waals surface area (Å²) in [7, 11) is 0. The van der Waals surface area contributed by atoms with Gasteiger partial charge in [0, 0.05) is 25.9 Å². The molecule has 0 fully saturated rings. The number of hydrogen-bond donors (Lipinski definition) is 1. The maximum Gasteiger partial charge on any atom is 0.306 e. The van der Waals surface area contributed by atoms with E-state index < -0.39 is 0 Å². The molecule has 0 aromatic rings. The monoisotopic (exact) mass is 350 g/mol. The van der Waals surface area contributed by atoms with Gasteiger partial charge < -0.3 is 9.84 Å². The van der Waals surface area contributed by atoms with Gasteiger partial charge in [-0.3, -0.25) is 9.59 Å². The SMILES string of the molecule is CCCCC=CC=CC=CCCCCC(=O)CCC(=O)OCCCO. The molecule has 0 heterocycles. The van der Waals surface area contributed by atoms with E-state index in [1.807, 2.05) is 18.2 Å². The van der Waals surface area contributed by atoms with Crippen molar-refractivity contribution in [3.05, 3.63) is 36.5 Å². The lowest BCUT2D eigenvalue weighted by Crippen LogP contribution is -2.09. The normalized spacial score (nSPS) is 11.8. The van der Waals surface area contributed by atoms with Gasteiger partial charge in [0.05, 0.1) is 13.0 Å². The molecule has 0 aliphatic carbocycles. The third kappa shape index (κ3) is 18.5. The fourth-order valence-electron chi connectivity index (χ4n) is 2.07. The molecular weight excluding hydrogens is 316 g/mol. The van der Waals surface area contributed by atoms with Crippen LogP contribution in [0, 0.1) is 0 Å². The Morgan fingerprint density at radius 1 is 0.840 bits per heavy atom. The molecule has 0 spiro atoms. The number of Topliss-reactive ketones (excluding diaryl/α,β-unsaturated/α-hetero) is 1. The number of aliphatic hydroxyl groups is 1. The number of aliphatic hydroxyl groups excluding tert-OH is 1. The summed E-state index contributed by atoms with van der Waals surface area (Å²) in [6.45, 7) is 2.42. The maximum atomic E-state index is 11.7. The van der Waals surface area contributed by atoms with Crippen molar-refractivity contribution in [2.24, 2.45) is 0 Å². The van der Waals surface area contributed by atoms with E-state index in [1.54, 1.807) is 0 Å². The van der Waals surface area contributed by atoms with Crippen molar-refractivity contribution in [3.63, 3.8) is 0 Å². The Kier molecular flexibility index (Phi) is 17.4. The average molecular weight is 350 g/mol. The van der Waals surface area contributed by atoms with Crippen molar-refractivity contribution in [2.45, 2.75) is 71.1 Å². The third-order valence-electron chi connectivity index (χ3n) is 3.58. The quantitative estimate of drug-likeness (QED) is 0.249. The predicted molar refractivity (Wildman–Crippen MR) is 102 cm³/mol. The van der Waals surface area contributed by atoms with Gasteiger partial charge in [-0.15, -0.1) is 0 Å². The lowest BCUT2D eigenvalue weighted by molar-refractivity contribution is -0.145. The van der Waals surface area contributed by atoms with Gasteiger partial charge in [0.25, 0.3) is 0 Å². The minimum Gasteiger partial charge on any atom is -0.466 e. The Morgan fingerprint density at radius 2 is 1.52 bits per heavy atom. The molecule has 142 valence electrons. The average Bonchev–Trinajstić information content (AvgIpc) is 2.61. The van der Waals surface area contributed by atoms with Crippen molar-refractivity contribution in [3.8, 4) is 0 Å². The van der Waals surface area contributed by atoms with Crippen LogP contribution in [0.3, 0.4) is 0 Å². The van der Waals surface area contributed by atoms with Crippen LogP contribution < -0.4 is 0 Å². The van der Waals surface area contributed by atoms with Crippen LogP contribution in [0.4, 0.5) is 0 Å². The van der Waals surface area contributed by atoms with Gasteiger partial charge in [0.1, 0.15) is 5.78 Å². The van der Waals surface area contributed by atoms with Gasteiger partial charge in [-0.05, 0) is 25.7 Å². The second-order valence-electron chi connectivity index (χ2n) is 5.97. The highest BCUT2D eigenvalue weighted by atomic mass is 16.5. The third-order valence-corrected chi connectivity index (χ3v) is 3.58. The standard InChI is InChI=1S/C21H34O4/c1-2-3-4-5-6-7-8-9-10-11-12-13-15-20(23)16-17-21(24)25-19-14-18-22/h5-10,22H,2-4,11-19H2,1H3. The first-order chi connectivity index (χ1) is 12.2. The smallest absolute Gasteiger partial charge is 0.306 e. The molecule has 0 amide bonds. The molecule has 0 aromatic heterocycles. The number of ether oxygens (including phenoxy) is 1. The highest BCUT2D eigenvalue weighted by Gasteiger charge is 2.07. The van der Waals surface area contributed by atoms with E-state index in [9.17, 15) is 9.59 Å². The Bertz CT molecular complexity index is 422. The number of esters is 1. The van der Waals surface area contributed by atoms with Crippen LogP contribution >= 0.6 is 0 Å². The van der Waals surface area contributed by atoms with E-state index in [2.05, 4.69) is 25.2 Å². The lowest BCUT2D eigenvalue weighted by atomic mass is 10.1. The van der Waals surface area contributed by atoms with Crippen LogP contribution in [0.1, 0.15) is 71.1 Å². The summed E-state index contributed by atoms with van der Waals surface area (Å²) >= 11 is 0. The molecule has 0 saturated carbocycles. The summed E-state index contributed by atoms with van der Waals surface area (Å²) in [4.78, 5) is 23.0. The fraction of sp³-hybridized carbons (Fsp3) is 0.619. The summed E-state index contributed by atoms with van der Waals surface area (Å²) in [5, 5.41) is 8.58. The molecule has 4 nitrogen and oxygen atoms in total. The van der Waals surface area contributed by atoms with E-state index in [0.717, 1.165) is 25.7 Å². The number of rotatable bonds is 16. The molecule has 0 aromatic carbocycles. The van der Waals surface area contributed by atoms with E-state index in [-0.39, 0.29) is 37.8 Å². The molecule has 0 radical (unpaired) electrons. The van der Waals surface area contributed by atoms with Crippen LogP contribution in [0.25, 0.3) is 0 Å². The van der Waals surface area contributed by atoms with Crippen molar-refractivity contribution in [2.75, 3.05) is 13.2 Å². The number of unbranched alkanes of at least 4 members (excludes halogenated alkanes) is 4. The molecule has 25 heavy (non-hydrogen) atoms. The first kappa shape index (κ1) is 23.3. The zero-order chi connectivity index (χ0) is 18.6. The highest BCUT2D eigenvalue weighted by molar-refractivity contribution is 5.82. The summed E-state index contributed by atoms with van der Waals surface area (Å²) < 4.78 is 4.88. The van der Waals surface area contributed by atoms with Crippen molar-refractivity contribution in [1.29, 1.82) is 0 Å². The zero-order valence-electron chi connectivity index (χ0n) is 15.6. The van der Waals surface area contributed by atoms with Gasteiger partial charge in [0.15, 0.2) is 0 Å². The second-order valence-corrected chi connectivity index (χ2v) is 5.97. The Balaban J connectivity index is 3.53. The molecule has 0 saturated heterocycles. The van der Waals surface area contributed by atoms with Crippen molar-refractivity contribution in [1.82, 2.24) is 0 Å². The van der Waals surface area contributed by atoms with Gasteiger partial charge in [-0.25, -0.2) is 0 Å². The first-order valence-electron chi connectivity index (χ1n) is 9.47. The number of ketones is 1. The van der Waals surface area contributed by atoms with E-state index in [0.29, 0.717) is 12.8 Å². The highest BCUT2D eigenvalue weighted by Crippen LogP contribution is 2.06. The van der Waals surface area contributed by atoms with Gasteiger partial charge in [0.2, 0.25) is 0 Å². The van der Waals surface area contributed by atoms with Gasteiger partial charge >= 0.3 is 5.97 Å². The van der Waals surface area contributed by atoms with Crippen LogP contribution in [0.15, 0.2) is 36.5 Å². The molecule has 0 atom stereocenters. The van der Waals surface area contributed by atoms with E-state index >= 15 is 0 Å². The van der Waals surface area contributed by atoms with Crippen LogP contribution in [0.5, 0.6) is 0 Å². The van der Waals surface area contributed by atoms with Crippen molar-refractivity contribution >= 4 is 11.8 Å². The minimum atomic E-state index is -0.361.